The summed E-state index contributed by atoms with van der Waals surface area (Å²) in [5.41, 5.74) is 2.92. The Balaban J connectivity index is 1.29. The molecule has 1 saturated carbocycles. The summed E-state index contributed by atoms with van der Waals surface area (Å²) in [5, 5.41) is 6.20. The van der Waals surface area contributed by atoms with Crippen LogP contribution in [0.2, 0.25) is 0 Å². The molecule has 32 heavy (non-hydrogen) atoms. The molecule has 0 spiro atoms. The standard InChI is InChI=1S/C27H35N3O2/c31-26(23-11-5-2-6-12-23)28-19-21-13-15-24(16-14-21)27(32)29-20-25(30-17-7-8-18-30)22-9-3-1-4-10-22/h1,3-4,9-10,13-16,23,25H,2,5-8,11-12,17-20H2,(H,28,31)(H,29,32). The third kappa shape index (κ3) is 5.98. The van der Waals surface area contributed by atoms with E-state index in [2.05, 4.69) is 39.8 Å². The summed E-state index contributed by atoms with van der Waals surface area (Å²) in [7, 11) is 0. The lowest BCUT2D eigenvalue weighted by Crippen LogP contribution is -2.36. The van der Waals surface area contributed by atoms with Gasteiger partial charge in [0, 0.05) is 24.6 Å². The maximum atomic E-state index is 12.8. The van der Waals surface area contributed by atoms with Gasteiger partial charge < -0.3 is 10.6 Å². The molecule has 0 bridgehead atoms. The second-order valence-corrected chi connectivity index (χ2v) is 9.13. The molecule has 4 rings (SSSR count). The highest BCUT2D eigenvalue weighted by Gasteiger charge is 2.24. The van der Waals surface area contributed by atoms with Crippen molar-refractivity contribution in [3.05, 3.63) is 71.3 Å². The van der Waals surface area contributed by atoms with Gasteiger partial charge in [-0.1, -0.05) is 61.7 Å². The van der Waals surface area contributed by atoms with Gasteiger partial charge in [-0.05, 0) is 62.0 Å². The Bertz CT molecular complexity index is 870. The molecule has 2 amide bonds. The fourth-order valence-corrected chi connectivity index (χ4v) is 4.95. The minimum Gasteiger partial charge on any atom is -0.352 e. The summed E-state index contributed by atoms with van der Waals surface area (Å²) in [6, 6.07) is 18.2. The van der Waals surface area contributed by atoms with E-state index in [1.165, 1.54) is 24.8 Å². The number of likely N-dealkylation sites (tertiary alicyclic amines) is 1. The van der Waals surface area contributed by atoms with Gasteiger partial charge in [0.05, 0.1) is 6.04 Å². The Hall–Kier alpha value is -2.66. The molecule has 1 saturated heterocycles. The molecule has 2 aromatic carbocycles. The average molecular weight is 434 g/mol. The number of amides is 2. The van der Waals surface area contributed by atoms with Crippen LogP contribution in [0.5, 0.6) is 0 Å². The van der Waals surface area contributed by atoms with E-state index >= 15 is 0 Å². The van der Waals surface area contributed by atoms with Gasteiger partial charge in [-0.25, -0.2) is 0 Å². The number of hydrogen-bond acceptors (Lipinski definition) is 3. The van der Waals surface area contributed by atoms with E-state index in [1.54, 1.807) is 0 Å². The lowest BCUT2D eigenvalue weighted by atomic mass is 9.88. The van der Waals surface area contributed by atoms with Gasteiger partial charge in [0.15, 0.2) is 0 Å². The Kier molecular flexibility index (Phi) is 7.94. The van der Waals surface area contributed by atoms with Gasteiger partial charge in [0.25, 0.3) is 5.91 Å². The minimum absolute atomic E-state index is 0.0529. The second-order valence-electron chi connectivity index (χ2n) is 9.13. The van der Waals surface area contributed by atoms with Crippen LogP contribution in [0.25, 0.3) is 0 Å². The maximum absolute atomic E-state index is 12.8. The van der Waals surface area contributed by atoms with E-state index in [4.69, 9.17) is 0 Å². The van der Waals surface area contributed by atoms with E-state index in [1.807, 2.05) is 30.3 Å². The third-order valence-corrected chi connectivity index (χ3v) is 6.88. The summed E-state index contributed by atoms with van der Waals surface area (Å²) in [5.74, 6) is 0.283. The zero-order valence-corrected chi connectivity index (χ0v) is 18.9. The highest BCUT2D eigenvalue weighted by molar-refractivity contribution is 5.94. The van der Waals surface area contributed by atoms with Gasteiger partial charge in [-0.3, -0.25) is 14.5 Å². The van der Waals surface area contributed by atoms with Crippen LogP contribution < -0.4 is 10.6 Å². The van der Waals surface area contributed by atoms with Crippen molar-refractivity contribution in [1.82, 2.24) is 15.5 Å². The van der Waals surface area contributed by atoms with Crippen molar-refractivity contribution in [2.75, 3.05) is 19.6 Å². The minimum atomic E-state index is -0.0529. The number of rotatable bonds is 8. The topological polar surface area (TPSA) is 61.4 Å². The highest BCUT2D eigenvalue weighted by atomic mass is 16.2. The number of nitrogens with one attached hydrogen (secondary N) is 2. The number of carbonyl (C=O) groups is 2. The van der Waals surface area contributed by atoms with E-state index in [9.17, 15) is 9.59 Å². The van der Waals surface area contributed by atoms with Crippen molar-refractivity contribution in [1.29, 1.82) is 0 Å². The molecule has 2 aliphatic rings. The molecule has 170 valence electrons. The molecule has 5 nitrogen and oxygen atoms in total. The lowest BCUT2D eigenvalue weighted by Gasteiger charge is -2.28. The van der Waals surface area contributed by atoms with Crippen LogP contribution in [0.15, 0.2) is 54.6 Å². The molecule has 0 aromatic heterocycles. The second kappa shape index (κ2) is 11.3. The smallest absolute Gasteiger partial charge is 0.251 e. The molecule has 2 N–H and O–H groups in total. The van der Waals surface area contributed by atoms with E-state index in [-0.39, 0.29) is 23.8 Å². The molecule has 1 aliphatic carbocycles. The van der Waals surface area contributed by atoms with Crippen molar-refractivity contribution in [2.45, 2.75) is 57.5 Å². The monoisotopic (exact) mass is 433 g/mol. The maximum Gasteiger partial charge on any atom is 0.251 e. The third-order valence-electron chi connectivity index (χ3n) is 6.88. The summed E-state index contributed by atoms with van der Waals surface area (Å²) < 4.78 is 0. The number of carbonyl (C=O) groups excluding carboxylic acids is 2. The van der Waals surface area contributed by atoms with Gasteiger partial charge in [0.2, 0.25) is 5.91 Å². The normalized spacial score (nSPS) is 18.2. The Morgan fingerprint density at radius 2 is 1.53 bits per heavy atom. The zero-order valence-electron chi connectivity index (χ0n) is 18.9. The first kappa shape index (κ1) is 22.5. The van der Waals surface area contributed by atoms with Crippen LogP contribution >= 0.6 is 0 Å². The molecule has 1 heterocycles. The first-order valence-corrected chi connectivity index (χ1v) is 12.1. The molecular formula is C27H35N3O2. The molecule has 1 aliphatic heterocycles. The molecule has 1 unspecified atom stereocenters. The van der Waals surface area contributed by atoms with Crippen molar-refractivity contribution >= 4 is 11.8 Å². The predicted molar refractivity (Wildman–Crippen MR) is 127 cm³/mol. The molecular weight excluding hydrogens is 398 g/mol. The summed E-state index contributed by atoms with van der Waals surface area (Å²) in [4.78, 5) is 27.6. The average Bonchev–Trinajstić information content (AvgIpc) is 3.39. The fraction of sp³-hybridized carbons (Fsp3) is 0.481. The van der Waals surface area contributed by atoms with Crippen LogP contribution in [-0.2, 0) is 11.3 Å². The van der Waals surface area contributed by atoms with Crippen LogP contribution in [-0.4, -0.2) is 36.3 Å². The van der Waals surface area contributed by atoms with Crippen LogP contribution in [0, 0.1) is 5.92 Å². The van der Waals surface area contributed by atoms with Crippen LogP contribution in [0.3, 0.4) is 0 Å². The van der Waals surface area contributed by atoms with Crippen molar-refractivity contribution in [3.63, 3.8) is 0 Å². The molecule has 2 fully saturated rings. The SMILES string of the molecule is O=C(NCC(c1ccccc1)N1CCCC1)c1ccc(CNC(=O)C2CCCCC2)cc1. The summed E-state index contributed by atoms with van der Waals surface area (Å²) >= 11 is 0. The Morgan fingerprint density at radius 3 is 2.22 bits per heavy atom. The van der Waals surface area contributed by atoms with Crippen molar-refractivity contribution < 1.29 is 9.59 Å². The van der Waals surface area contributed by atoms with Gasteiger partial charge >= 0.3 is 0 Å². The number of nitrogens with zero attached hydrogens (tertiary/aromatic N) is 1. The Morgan fingerprint density at radius 1 is 0.844 bits per heavy atom. The first-order valence-electron chi connectivity index (χ1n) is 12.1. The highest BCUT2D eigenvalue weighted by Crippen LogP contribution is 2.25. The van der Waals surface area contributed by atoms with E-state index in [0.717, 1.165) is 44.3 Å². The van der Waals surface area contributed by atoms with Crippen LogP contribution in [0.4, 0.5) is 0 Å². The molecule has 5 heteroatoms. The van der Waals surface area contributed by atoms with Crippen LogP contribution in [0.1, 0.15) is 72.5 Å². The quantitative estimate of drug-likeness (QED) is 0.647. The molecule has 2 aromatic rings. The Labute approximate surface area is 191 Å². The van der Waals surface area contributed by atoms with Gasteiger partial charge in [0.1, 0.15) is 0 Å². The summed E-state index contributed by atoms with van der Waals surface area (Å²) in [6.07, 6.45) is 8.01. The van der Waals surface area contributed by atoms with Crippen molar-refractivity contribution in [3.8, 4) is 0 Å². The van der Waals surface area contributed by atoms with E-state index < -0.39 is 0 Å². The predicted octanol–water partition coefficient (Wildman–Crippen LogP) is 4.45. The first-order chi connectivity index (χ1) is 15.7. The zero-order chi connectivity index (χ0) is 22.2. The lowest BCUT2D eigenvalue weighted by molar-refractivity contribution is -0.126. The number of benzene rings is 2. The number of hydrogen-bond donors (Lipinski definition) is 2. The summed E-state index contributed by atoms with van der Waals surface area (Å²) in [6.45, 7) is 3.28. The molecule has 1 atom stereocenters. The molecule has 0 radical (unpaired) electrons. The largest absolute Gasteiger partial charge is 0.352 e. The van der Waals surface area contributed by atoms with E-state index in [0.29, 0.717) is 18.7 Å². The van der Waals surface area contributed by atoms with Gasteiger partial charge in [-0.15, -0.1) is 0 Å². The van der Waals surface area contributed by atoms with Crippen molar-refractivity contribution in [2.24, 2.45) is 5.92 Å². The van der Waals surface area contributed by atoms with Gasteiger partial charge in [-0.2, -0.15) is 0 Å². The fourth-order valence-electron chi connectivity index (χ4n) is 4.95.